The topological polar surface area (TPSA) is 71.5 Å². The van der Waals surface area contributed by atoms with Gasteiger partial charge in [0.05, 0.1) is 24.3 Å². The van der Waals surface area contributed by atoms with Gasteiger partial charge < -0.3 is 15.0 Å². The highest BCUT2D eigenvalue weighted by molar-refractivity contribution is 7.13. The smallest absolute Gasteiger partial charge is 0.231 e. The van der Waals surface area contributed by atoms with E-state index in [1.165, 1.54) is 11.3 Å². The van der Waals surface area contributed by atoms with Gasteiger partial charge in [0, 0.05) is 23.9 Å². The van der Waals surface area contributed by atoms with Gasteiger partial charge in [0.2, 0.25) is 11.8 Å². The van der Waals surface area contributed by atoms with E-state index in [1.54, 1.807) is 0 Å². The summed E-state index contributed by atoms with van der Waals surface area (Å²) in [5.74, 6) is -0.0356. The van der Waals surface area contributed by atoms with E-state index in [0.717, 1.165) is 0 Å². The fourth-order valence-electron chi connectivity index (χ4n) is 2.38. The number of anilines is 1. The molecule has 1 fully saturated rings. The zero-order valence-electron chi connectivity index (χ0n) is 14.4. The summed E-state index contributed by atoms with van der Waals surface area (Å²) in [5, 5.41) is 5.15. The van der Waals surface area contributed by atoms with E-state index in [2.05, 4.69) is 10.3 Å². The lowest BCUT2D eigenvalue weighted by Gasteiger charge is -2.35. The van der Waals surface area contributed by atoms with Crippen molar-refractivity contribution in [1.29, 1.82) is 0 Å². The van der Waals surface area contributed by atoms with Crippen molar-refractivity contribution in [3.05, 3.63) is 11.1 Å². The number of nitrogens with zero attached hydrogens (tertiary/aromatic N) is 2. The van der Waals surface area contributed by atoms with Crippen molar-refractivity contribution in [2.45, 2.75) is 53.2 Å². The number of carbonyl (C=O) groups is 2. The Kier molecular flexibility index (Phi) is 5.41. The zero-order valence-corrected chi connectivity index (χ0v) is 15.2. The molecule has 23 heavy (non-hydrogen) atoms. The number of hydrogen-bond acceptors (Lipinski definition) is 5. The van der Waals surface area contributed by atoms with Gasteiger partial charge in [-0.3, -0.25) is 9.59 Å². The minimum atomic E-state index is -0.471. The van der Waals surface area contributed by atoms with E-state index in [0.29, 0.717) is 23.9 Å². The Labute approximate surface area is 141 Å². The molecule has 1 N–H and O–H groups in total. The number of rotatable bonds is 3. The SMILES string of the molecule is CC1CN(C(=O)Cc2csc(NC(=O)C(C)(C)C)n2)CC(C)O1. The average molecular weight is 339 g/mol. The second kappa shape index (κ2) is 6.97. The number of morpholine rings is 1. The van der Waals surface area contributed by atoms with E-state index in [4.69, 9.17) is 4.74 Å². The lowest BCUT2D eigenvalue weighted by atomic mass is 9.96. The van der Waals surface area contributed by atoms with Crippen LogP contribution in [0.5, 0.6) is 0 Å². The predicted molar refractivity (Wildman–Crippen MR) is 90.5 cm³/mol. The molecule has 128 valence electrons. The van der Waals surface area contributed by atoms with Crippen molar-refractivity contribution in [3.8, 4) is 0 Å². The maximum atomic E-state index is 12.4. The molecule has 0 aromatic carbocycles. The molecular formula is C16H25N3O3S. The molecule has 2 amide bonds. The van der Waals surface area contributed by atoms with Crippen molar-refractivity contribution < 1.29 is 14.3 Å². The van der Waals surface area contributed by atoms with Crippen molar-refractivity contribution in [2.24, 2.45) is 5.41 Å². The Bertz CT molecular complexity index is 569. The Balaban J connectivity index is 1.93. The third-order valence-corrected chi connectivity index (χ3v) is 4.36. The van der Waals surface area contributed by atoms with Gasteiger partial charge in [-0.25, -0.2) is 4.98 Å². The zero-order chi connectivity index (χ0) is 17.2. The van der Waals surface area contributed by atoms with Crippen LogP contribution >= 0.6 is 11.3 Å². The van der Waals surface area contributed by atoms with E-state index >= 15 is 0 Å². The van der Waals surface area contributed by atoms with Gasteiger partial charge in [-0.2, -0.15) is 0 Å². The van der Waals surface area contributed by atoms with Crippen molar-refractivity contribution in [3.63, 3.8) is 0 Å². The van der Waals surface area contributed by atoms with E-state index in [9.17, 15) is 9.59 Å². The van der Waals surface area contributed by atoms with Crippen LogP contribution in [-0.4, -0.2) is 47.0 Å². The average Bonchev–Trinajstić information content (AvgIpc) is 2.83. The van der Waals surface area contributed by atoms with Crippen LogP contribution in [0.3, 0.4) is 0 Å². The number of hydrogen-bond donors (Lipinski definition) is 1. The normalized spacial score (nSPS) is 22.0. The summed E-state index contributed by atoms with van der Waals surface area (Å²) in [5.41, 5.74) is 0.220. The van der Waals surface area contributed by atoms with E-state index in [-0.39, 0.29) is 30.4 Å². The first kappa shape index (κ1) is 17.9. The number of thiazole rings is 1. The molecule has 1 aliphatic rings. The first-order chi connectivity index (χ1) is 10.6. The molecule has 1 aromatic heterocycles. The summed E-state index contributed by atoms with van der Waals surface area (Å²) in [6.07, 6.45) is 0.362. The fourth-order valence-corrected chi connectivity index (χ4v) is 3.08. The van der Waals surface area contributed by atoms with Gasteiger partial charge in [0.1, 0.15) is 0 Å². The van der Waals surface area contributed by atoms with Gasteiger partial charge in [0.15, 0.2) is 5.13 Å². The molecule has 6 nitrogen and oxygen atoms in total. The largest absolute Gasteiger partial charge is 0.372 e. The van der Waals surface area contributed by atoms with E-state index in [1.807, 2.05) is 44.9 Å². The van der Waals surface area contributed by atoms with Gasteiger partial charge in [-0.1, -0.05) is 20.8 Å². The standard InChI is InChI=1S/C16H25N3O3S/c1-10-7-19(8-11(2)22-10)13(20)6-12-9-23-15(17-12)18-14(21)16(3,4)5/h9-11H,6-8H2,1-5H3,(H,17,18,21). The second-order valence-corrected chi connectivity index (χ2v) is 7.94. The monoisotopic (exact) mass is 339 g/mol. The molecule has 2 unspecified atom stereocenters. The molecule has 2 atom stereocenters. The molecule has 0 radical (unpaired) electrons. The van der Waals surface area contributed by atoms with Crippen LogP contribution in [0.2, 0.25) is 0 Å². The minimum Gasteiger partial charge on any atom is -0.372 e. The number of ether oxygens (including phenoxy) is 1. The summed E-state index contributed by atoms with van der Waals surface area (Å²) in [4.78, 5) is 30.5. The highest BCUT2D eigenvalue weighted by atomic mass is 32.1. The van der Waals surface area contributed by atoms with Gasteiger partial charge in [-0.05, 0) is 13.8 Å². The highest BCUT2D eigenvalue weighted by Gasteiger charge is 2.26. The molecular weight excluding hydrogens is 314 g/mol. The molecule has 0 bridgehead atoms. The van der Waals surface area contributed by atoms with Gasteiger partial charge in [-0.15, -0.1) is 11.3 Å². The molecule has 0 spiro atoms. The quantitative estimate of drug-likeness (QED) is 0.917. The number of nitrogens with one attached hydrogen (secondary N) is 1. The van der Waals surface area contributed by atoms with Crippen LogP contribution in [-0.2, 0) is 20.7 Å². The Morgan fingerprint density at radius 1 is 1.35 bits per heavy atom. The van der Waals surface area contributed by atoms with Crippen LogP contribution in [0, 0.1) is 5.41 Å². The minimum absolute atomic E-state index is 0.0472. The molecule has 2 rings (SSSR count). The predicted octanol–water partition coefficient (Wildman–Crippen LogP) is 2.31. The number of carbonyl (C=O) groups excluding carboxylic acids is 2. The van der Waals surface area contributed by atoms with E-state index < -0.39 is 5.41 Å². The summed E-state index contributed by atoms with van der Waals surface area (Å²) in [6, 6.07) is 0. The molecule has 7 heteroatoms. The number of amides is 2. The summed E-state index contributed by atoms with van der Waals surface area (Å²) < 4.78 is 5.64. The highest BCUT2D eigenvalue weighted by Crippen LogP contribution is 2.21. The molecule has 1 saturated heterocycles. The number of aromatic nitrogens is 1. The molecule has 2 heterocycles. The molecule has 1 aromatic rings. The second-order valence-electron chi connectivity index (χ2n) is 7.08. The third-order valence-electron chi connectivity index (χ3n) is 3.56. The Hall–Kier alpha value is -1.47. The maximum Gasteiger partial charge on any atom is 0.231 e. The van der Waals surface area contributed by atoms with Crippen LogP contribution in [0.4, 0.5) is 5.13 Å². The van der Waals surface area contributed by atoms with Crippen LogP contribution < -0.4 is 5.32 Å². The lowest BCUT2D eigenvalue weighted by Crippen LogP contribution is -2.48. The van der Waals surface area contributed by atoms with Crippen LogP contribution in [0.25, 0.3) is 0 Å². The van der Waals surface area contributed by atoms with Crippen molar-refractivity contribution in [2.75, 3.05) is 18.4 Å². The van der Waals surface area contributed by atoms with Gasteiger partial charge >= 0.3 is 0 Å². The summed E-state index contributed by atoms with van der Waals surface area (Å²) >= 11 is 1.35. The Morgan fingerprint density at radius 2 is 1.96 bits per heavy atom. The van der Waals surface area contributed by atoms with Gasteiger partial charge in [0.25, 0.3) is 0 Å². The molecule has 0 aliphatic carbocycles. The van der Waals surface area contributed by atoms with Crippen LogP contribution in [0.1, 0.15) is 40.3 Å². The summed E-state index contributed by atoms with van der Waals surface area (Å²) in [7, 11) is 0. The summed E-state index contributed by atoms with van der Waals surface area (Å²) in [6.45, 7) is 10.7. The van der Waals surface area contributed by atoms with Crippen molar-refractivity contribution in [1.82, 2.24) is 9.88 Å². The first-order valence-corrected chi connectivity index (χ1v) is 8.72. The van der Waals surface area contributed by atoms with Crippen molar-refractivity contribution >= 4 is 28.3 Å². The first-order valence-electron chi connectivity index (χ1n) is 7.84. The Morgan fingerprint density at radius 3 is 2.52 bits per heavy atom. The lowest BCUT2D eigenvalue weighted by molar-refractivity contribution is -0.142. The molecule has 1 aliphatic heterocycles. The fraction of sp³-hybridized carbons (Fsp3) is 0.688. The van der Waals surface area contributed by atoms with Crippen LogP contribution in [0.15, 0.2) is 5.38 Å². The molecule has 0 saturated carbocycles. The third kappa shape index (κ3) is 5.00. The maximum absolute atomic E-state index is 12.4.